The molecule has 2 bridgehead atoms. The van der Waals surface area contributed by atoms with Gasteiger partial charge in [0.25, 0.3) is 11.8 Å². The Labute approximate surface area is 217 Å². The number of nitrogens with zero attached hydrogens (tertiary/aromatic N) is 1. The van der Waals surface area contributed by atoms with Gasteiger partial charge in [0.1, 0.15) is 17.3 Å². The van der Waals surface area contributed by atoms with Crippen LogP contribution in [-0.4, -0.2) is 60.9 Å². The Morgan fingerprint density at radius 2 is 2.00 bits per heavy atom. The van der Waals surface area contributed by atoms with Gasteiger partial charge in [-0.1, -0.05) is 23.2 Å². The van der Waals surface area contributed by atoms with Crippen LogP contribution in [0.1, 0.15) is 19.3 Å². The van der Waals surface area contributed by atoms with E-state index in [1.165, 1.54) is 12.1 Å². The lowest BCUT2D eigenvalue weighted by atomic mass is 9.76. The van der Waals surface area contributed by atoms with E-state index in [1.54, 1.807) is 18.2 Å². The maximum Gasteiger partial charge on any atom is 0.263 e. The predicted octanol–water partition coefficient (Wildman–Crippen LogP) is 2.92. The number of hydrogen-bond donors (Lipinski definition) is 3. The van der Waals surface area contributed by atoms with E-state index < -0.39 is 11.9 Å². The fraction of sp³-hybridized carbons (Fsp3) is 0.440. The molecule has 2 aromatic carbocycles. The van der Waals surface area contributed by atoms with Gasteiger partial charge >= 0.3 is 0 Å². The molecule has 2 amide bonds. The fourth-order valence-electron chi connectivity index (χ4n) is 5.42. The second-order valence-electron chi connectivity index (χ2n) is 9.57. The van der Waals surface area contributed by atoms with Crippen LogP contribution in [0.15, 0.2) is 36.4 Å². The Balaban J connectivity index is 1.14. The number of rotatable bonds is 8. The minimum Gasteiger partial charge on any atom is -0.484 e. The molecule has 192 valence electrons. The fourth-order valence-corrected chi connectivity index (χ4v) is 5.71. The van der Waals surface area contributed by atoms with E-state index in [0.29, 0.717) is 30.3 Å². The third kappa shape index (κ3) is 5.05. The van der Waals surface area contributed by atoms with Gasteiger partial charge in [-0.2, -0.15) is 0 Å². The molecule has 0 aromatic heterocycles. The van der Waals surface area contributed by atoms with Gasteiger partial charge in [0.05, 0.1) is 23.9 Å². The Hall–Kier alpha value is -2.75. The van der Waals surface area contributed by atoms with Crippen LogP contribution in [-0.2, 0) is 9.59 Å². The summed E-state index contributed by atoms with van der Waals surface area (Å²) in [6, 6.07) is 9.10. The molecular formula is C25H26Cl2FN3O5. The normalized spacial score (nSPS) is 25.9. The number of β-amino-alcohol motifs (C(OH)–C–C–N with tert-alkyl or cyclic N) is 1. The third-order valence-corrected chi connectivity index (χ3v) is 7.60. The van der Waals surface area contributed by atoms with E-state index in [9.17, 15) is 19.1 Å². The lowest BCUT2D eigenvalue weighted by Gasteiger charge is -2.39. The number of benzene rings is 2. The summed E-state index contributed by atoms with van der Waals surface area (Å²) in [6.45, 7) is 0.336. The van der Waals surface area contributed by atoms with Crippen molar-refractivity contribution in [2.75, 3.05) is 31.2 Å². The smallest absolute Gasteiger partial charge is 0.263 e. The van der Waals surface area contributed by atoms with Crippen molar-refractivity contribution in [1.82, 2.24) is 10.6 Å². The molecule has 4 aliphatic rings. The quantitative estimate of drug-likeness (QED) is 0.478. The number of aliphatic hydroxyl groups excluding tert-OH is 1. The number of halogens is 3. The topological polar surface area (TPSA) is 100 Å². The van der Waals surface area contributed by atoms with Crippen molar-refractivity contribution >= 4 is 40.7 Å². The number of fused-ring (bicyclic) bond motifs is 2. The molecule has 0 radical (unpaired) electrons. The first-order valence-electron chi connectivity index (χ1n) is 11.8. The van der Waals surface area contributed by atoms with Crippen LogP contribution in [0.4, 0.5) is 10.1 Å². The SMILES string of the molecule is O=C(COc1ccc(Cl)c(F)c1)NC12CC(C1)C(NC(=O)C1CN(CCO)c3cc(Cl)ccc3O1)C2. The minimum absolute atomic E-state index is 0.0152. The van der Waals surface area contributed by atoms with Gasteiger partial charge in [-0.25, -0.2) is 4.39 Å². The number of anilines is 1. The van der Waals surface area contributed by atoms with Crippen molar-refractivity contribution in [2.45, 2.75) is 36.9 Å². The van der Waals surface area contributed by atoms with E-state index in [-0.39, 0.29) is 53.3 Å². The number of hydrogen-bond acceptors (Lipinski definition) is 6. The van der Waals surface area contributed by atoms with Crippen LogP contribution in [0.2, 0.25) is 10.0 Å². The van der Waals surface area contributed by atoms with Crippen molar-refractivity contribution in [3.8, 4) is 11.5 Å². The molecule has 2 unspecified atom stereocenters. The molecule has 1 heterocycles. The van der Waals surface area contributed by atoms with E-state index in [0.717, 1.165) is 24.6 Å². The van der Waals surface area contributed by atoms with Gasteiger partial charge < -0.3 is 30.1 Å². The molecule has 8 nitrogen and oxygen atoms in total. The molecule has 3 aliphatic carbocycles. The van der Waals surface area contributed by atoms with Gasteiger partial charge in [0, 0.05) is 29.2 Å². The summed E-state index contributed by atoms with van der Waals surface area (Å²) in [7, 11) is 0. The van der Waals surface area contributed by atoms with E-state index in [2.05, 4.69) is 10.6 Å². The van der Waals surface area contributed by atoms with Crippen LogP contribution in [0.25, 0.3) is 0 Å². The summed E-state index contributed by atoms with van der Waals surface area (Å²) in [6.07, 6.45) is 1.41. The summed E-state index contributed by atoms with van der Waals surface area (Å²) in [5.41, 5.74) is 0.363. The zero-order valence-electron chi connectivity index (χ0n) is 19.3. The van der Waals surface area contributed by atoms with E-state index in [4.69, 9.17) is 32.7 Å². The molecule has 0 saturated heterocycles. The molecule has 3 fully saturated rings. The second-order valence-corrected chi connectivity index (χ2v) is 10.4. The zero-order valence-corrected chi connectivity index (χ0v) is 20.8. The molecule has 0 spiro atoms. The van der Waals surface area contributed by atoms with Crippen molar-refractivity contribution < 1.29 is 28.6 Å². The number of aliphatic hydroxyl groups is 1. The molecule has 2 aromatic rings. The first-order chi connectivity index (χ1) is 17.2. The highest BCUT2D eigenvalue weighted by Gasteiger charge is 2.57. The van der Waals surface area contributed by atoms with Crippen LogP contribution < -0.4 is 25.0 Å². The number of nitrogens with one attached hydrogen (secondary N) is 2. The van der Waals surface area contributed by atoms with Crippen LogP contribution in [0.5, 0.6) is 11.5 Å². The van der Waals surface area contributed by atoms with Gasteiger partial charge in [-0.15, -0.1) is 0 Å². The van der Waals surface area contributed by atoms with Crippen LogP contribution >= 0.6 is 23.2 Å². The summed E-state index contributed by atoms with van der Waals surface area (Å²) >= 11 is 11.8. The Kier molecular flexibility index (Phi) is 6.89. The maximum atomic E-state index is 13.6. The molecule has 3 N–H and O–H groups in total. The van der Waals surface area contributed by atoms with Gasteiger partial charge in [-0.05, 0) is 55.5 Å². The lowest BCUT2D eigenvalue weighted by molar-refractivity contribution is -0.129. The standard InChI is InChI=1S/C25H26Cl2FN3O5/c26-15-1-4-21-20(7-15)31(5-6-32)12-22(36-21)24(34)29-19-11-25(9-14(19)10-25)30-23(33)13-35-16-2-3-17(27)18(28)8-16/h1-4,7-8,14,19,22,32H,5-6,9-13H2,(H,29,34)(H,30,33). The van der Waals surface area contributed by atoms with Crippen molar-refractivity contribution in [3.05, 3.63) is 52.3 Å². The second kappa shape index (κ2) is 9.95. The highest BCUT2D eigenvalue weighted by Crippen LogP contribution is 2.52. The minimum atomic E-state index is -0.735. The lowest BCUT2D eigenvalue weighted by Crippen LogP contribution is -2.53. The first kappa shape index (κ1) is 24.9. The highest BCUT2D eigenvalue weighted by atomic mass is 35.5. The summed E-state index contributed by atoms with van der Waals surface area (Å²) in [4.78, 5) is 27.4. The molecule has 1 aliphatic heterocycles. The molecule has 36 heavy (non-hydrogen) atoms. The first-order valence-corrected chi connectivity index (χ1v) is 12.5. The van der Waals surface area contributed by atoms with Crippen molar-refractivity contribution in [3.63, 3.8) is 0 Å². The van der Waals surface area contributed by atoms with Crippen LogP contribution in [0.3, 0.4) is 0 Å². The highest BCUT2D eigenvalue weighted by molar-refractivity contribution is 6.31. The van der Waals surface area contributed by atoms with Gasteiger partial charge in [0.15, 0.2) is 12.7 Å². The Morgan fingerprint density at radius 1 is 1.19 bits per heavy atom. The predicted molar refractivity (Wildman–Crippen MR) is 132 cm³/mol. The van der Waals surface area contributed by atoms with Crippen LogP contribution in [0, 0.1) is 11.7 Å². The van der Waals surface area contributed by atoms with Gasteiger partial charge in [0.2, 0.25) is 0 Å². The van der Waals surface area contributed by atoms with Crippen molar-refractivity contribution in [2.24, 2.45) is 5.92 Å². The Morgan fingerprint density at radius 3 is 2.75 bits per heavy atom. The molecule has 11 heteroatoms. The number of carbonyl (C=O) groups is 2. The summed E-state index contributed by atoms with van der Waals surface area (Å²) in [5.74, 6) is -0.118. The molecule has 2 atom stereocenters. The monoisotopic (exact) mass is 537 g/mol. The number of carbonyl (C=O) groups excluding carboxylic acids is 2. The molecule has 6 rings (SSSR count). The molecule has 3 saturated carbocycles. The summed E-state index contributed by atoms with van der Waals surface area (Å²) in [5, 5.41) is 16.1. The Bertz CT molecular complexity index is 1180. The largest absolute Gasteiger partial charge is 0.484 e. The molecular weight excluding hydrogens is 512 g/mol. The zero-order chi connectivity index (χ0) is 25.4. The average Bonchev–Trinajstić information content (AvgIpc) is 3.33. The van der Waals surface area contributed by atoms with Crippen molar-refractivity contribution in [1.29, 1.82) is 0 Å². The number of amides is 2. The third-order valence-electron chi connectivity index (χ3n) is 7.06. The van der Waals surface area contributed by atoms with E-state index >= 15 is 0 Å². The average molecular weight is 538 g/mol. The summed E-state index contributed by atoms with van der Waals surface area (Å²) < 4.78 is 24.9. The number of ether oxygens (including phenoxy) is 2. The van der Waals surface area contributed by atoms with E-state index in [1.807, 2.05) is 4.90 Å². The maximum absolute atomic E-state index is 13.6. The van der Waals surface area contributed by atoms with Gasteiger partial charge in [-0.3, -0.25) is 9.59 Å².